The van der Waals surface area contributed by atoms with Crippen LogP contribution in [0.2, 0.25) is 10.0 Å². The molecule has 0 saturated carbocycles. The number of nitrogens with one attached hydrogen (secondary N) is 1. The third-order valence-corrected chi connectivity index (χ3v) is 3.60. The number of nitrogens with two attached hydrogens (primary N) is 1. The highest BCUT2D eigenvalue weighted by atomic mass is 35.5. The molecule has 2 aromatic carbocycles. The van der Waals surface area contributed by atoms with Crippen LogP contribution in [0.25, 0.3) is 0 Å². The average Bonchev–Trinajstić information content (AvgIpc) is 2.46. The van der Waals surface area contributed by atoms with Gasteiger partial charge in [-0.2, -0.15) is 0 Å². The molecular formula is C15H14Cl2N2O2. The largest absolute Gasteiger partial charge is 0.462 e. The van der Waals surface area contributed by atoms with Gasteiger partial charge in [0, 0.05) is 11.4 Å². The molecule has 0 saturated heterocycles. The molecule has 4 nitrogen and oxygen atoms in total. The maximum Gasteiger partial charge on any atom is 0.340 e. The van der Waals surface area contributed by atoms with E-state index < -0.39 is 5.97 Å². The predicted molar refractivity (Wildman–Crippen MR) is 86.6 cm³/mol. The van der Waals surface area contributed by atoms with Crippen molar-refractivity contribution in [3.8, 4) is 0 Å². The lowest BCUT2D eigenvalue weighted by atomic mass is 10.1. The number of esters is 1. The summed E-state index contributed by atoms with van der Waals surface area (Å²) < 4.78 is 4.96. The summed E-state index contributed by atoms with van der Waals surface area (Å²) in [5.74, 6) is -0.462. The van der Waals surface area contributed by atoms with Crippen LogP contribution in [0.5, 0.6) is 0 Å². The van der Waals surface area contributed by atoms with Gasteiger partial charge in [-0.15, -0.1) is 0 Å². The van der Waals surface area contributed by atoms with E-state index in [0.29, 0.717) is 32.7 Å². The lowest BCUT2D eigenvalue weighted by molar-refractivity contribution is 0.0527. The molecule has 2 aromatic rings. The fraction of sp³-hybridized carbons (Fsp3) is 0.133. The van der Waals surface area contributed by atoms with Crippen LogP contribution in [-0.4, -0.2) is 12.6 Å². The molecule has 0 spiro atoms. The molecule has 0 fully saturated rings. The van der Waals surface area contributed by atoms with Crippen molar-refractivity contribution in [2.45, 2.75) is 6.92 Å². The summed E-state index contributed by atoms with van der Waals surface area (Å²) in [7, 11) is 0. The lowest BCUT2D eigenvalue weighted by Crippen LogP contribution is -2.08. The van der Waals surface area contributed by atoms with Gasteiger partial charge in [0.05, 0.1) is 27.9 Å². The summed E-state index contributed by atoms with van der Waals surface area (Å²) in [6, 6.07) is 10.3. The van der Waals surface area contributed by atoms with Crippen LogP contribution in [0.1, 0.15) is 17.3 Å². The van der Waals surface area contributed by atoms with Gasteiger partial charge in [0.2, 0.25) is 0 Å². The molecular weight excluding hydrogens is 311 g/mol. The van der Waals surface area contributed by atoms with E-state index in [1.807, 2.05) is 0 Å². The molecule has 0 aliphatic rings. The van der Waals surface area contributed by atoms with E-state index in [1.54, 1.807) is 43.3 Å². The van der Waals surface area contributed by atoms with Crippen LogP contribution >= 0.6 is 23.2 Å². The summed E-state index contributed by atoms with van der Waals surface area (Å²) in [6.45, 7) is 2.03. The summed E-state index contributed by atoms with van der Waals surface area (Å²) in [4.78, 5) is 11.8. The van der Waals surface area contributed by atoms with Crippen molar-refractivity contribution < 1.29 is 9.53 Å². The number of anilines is 3. The number of benzene rings is 2. The zero-order valence-electron chi connectivity index (χ0n) is 11.3. The molecule has 0 heterocycles. The Labute approximate surface area is 132 Å². The van der Waals surface area contributed by atoms with Gasteiger partial charge >= 0.3 is 5.97 Å². The Kier molecular flexibility index (Phi) is 4.94. The zero-order chi connectivity index (χ0) is 15.4. The molecule has 0 aliphatic heterocycles. The Bertz CT molecular complexity index is 675. The van der Waals surface area contributed by atoms with Gasteiger partial charge in [-0.25, -0.2) is 4.79 Å². The summed E-state index contributed by atoms with van der Waals surface area (Å²) in [5, 5.41) is 3.96. The van der Waals surface area contributed by atoms with Crippen molar-refractivity contribution in [2.24, 2.45) is 0 Å². The Morgan fingerprint density at radius 3 is 2.76 bits per heavy atom. The molecule has 0 radical (unpaired) electrons. The molecule has 0 aromatic heterocycles. The van der Waals surface area contributed by atoms with E-state index in [2.05, 4.69) is 5.32 Å². The van der Waals surface area contributed by atoms with Crippen molar-refractivity contribution in [1.82, 2.24) is 0 Å². The van der Waals surface area contributed by atoms with Gasteiger partial charge < -0.3 is 15.8 Å². The second-order valence-electron chi connectivity index (χ2n) is 4.25. The first kappa shape index (κ1) is 15.5. The zero-order valence-corrected chi connectivity index (χ0v) is 12.8. The number of carbonyl (C=O) groups excluding carboxylic acids is 1. The molecule has 2 rings (SSSR count). The van der Waals surface area contributed by atoms with Gasteiger partial charge in [-0.3, -0.25) is 0 Å². The topological polar surface area (TPSA) is 64.3 Å². The van der Waals surface area contributed by atoms with Gasteiger partial charge in [0.1, 0.15) is 0 Å². The number of ether oxygens (including phenoxy) is 1. The Morgan fingerprint density at radius 1 is 1.29 bits per heavy atom. The molecule has 6 heteroatoms. The molecule has 0 aliphatic carbocycles. The van der Waals surface area contributed by atoms with Crippen molar-refractivity contribution >= 4 is 46.2 Å². The number of rotatable bonds is 4. The number of hydrogen-bond acceptors (Lipinski definition) is 4. The number of carbonyl (C=O) groups is 1. The van der Waals surface area contributed by atoms with E-state index in [4.69, 9.17) is 33.7 Å². The minimum Gasteiger partial charge on any atom is -0.462 e. The van der Waals surface area contributed by atoms with Gasteiger partial charge in [0.25, 0.3) is 0 Å². The molecule has 0 amide bonds. The smallest absolute Gasteiger partial charge is 0.340 e. The highest BCUT2D eigenvalue weighted by Gasteiger charge is 2.12. The van der Waals surface area contributed by atoms with Crippen LogP contribution in [0, 0.1) is 0 Å². The van der Waals surface area contributed by atoms with Gasteiger partial charge in [0.15, 0.2) is 0 Å². The second-order valence-corrected chi connectivity index (χ2v) is 5.03. The lowest BCUT2D eigenvalue weighted by Gasteiger charge is -2.12. The van der Waals surface area contributed by atoms with E-state index in [0.717, 1.165) is 0 Å². The van der Waals surface area contributed by atoms with E-state index in [1.165, 1.54) is 0 Å². The fourth-order valence-electron chi connectivity index (χ4n) is 1.78. The Morgan fingerprint density at radius 2 is 2.05 bits per heavy atom. The fourth-order valence-corrected chi connectivity index (χ4v) is 2.12. The predicted octanol–water partition coefficient (Wildman–Crippen LogP) is 4.50. The SMILES string of the molecule is CCOC(=O)c1cc(Nc2cccc(Cl)c2Cl)ccc1N. The first-order chi connectivity index (χ1) is 10.0. The number of halogens is 2. The van der Waals surface area contributed by atoms with Crippen LogP contribution in [0.4, 0.5) is 17.1 Å². The second kappa shape index (κ2) is 6.70. The third kappa shape index (κ3) is 3.60. The van der Waals surface area contributed by atoms with Crippen molar-refractivity contribution in [3.05, 3.63) is 52.0 Å². The standard InChI is InChI=1S/C15H14Cl2N2O2/c1-2-21-15(20)10-8-9(6-7-12(10)18)19-13-5-3-4-11(16)14(13)17/h3-8,19H,2,18H2,1H3. The molecule has 21 heavy (non-hydrogen) atoms. The maximum absolute atomic E-state index is 11.8. The van der Waals surface area contributed by atoms with E-state index in [-0.39, 0.29) is 6.61 Å². The highest BCUT2D eigenvalue weighted by Crippen LogP contribution is 2.32. The van der Waals surface area contributed by atoms with E-state index >= 15 is 0 Å². The van der Waals surface area contributed by atoms with Crippen molar-refractivity contribution in [2.75, 3.05) is 17.7 Å². The molecule has 110 valence electrons. The summed E-state index contributed by atoms with van der Waals surface area (Å²) in [6.07, 6.45) is 0. The minimum absolute atomic E-state index is 0.288. The first-order valence-corrected chi connectivity index (χ1v) is 7.06. The normalized spacial score (nSPS) is 10.2. The van der Waals surface area contributed by atoms with E-state index in [9.17, 15) is 4.79 Å². The van der Waals surface area contributed by atoms with Crippen LogP contribution < -0.4 is 11.1 Å². The third-order valence-electron chi connectivity index (χ3n) is 2.78. The summed E-state index contributed by atoms with van der Waals surface area (Å²) in [5.41, 5.74) is 7.76. The Balaban J connectivity index is 2.31. The average molecular weight is 325 g/mol. The van der Waals surface area contributed by atoms with Gasteiger partial charge in [-0.05, 0) is 37.3 Å². The highest BCUT2D eigenvalue weighted by molar-refractivity contribution is 6.43. The summed E-state index contributed by atoms with van der Waals surface area (Å²) >= 11 is 12.1. The van der Waals surface area contributed by atoms with Crippen LogP contribution in [0.3, 0.4) is 0 Å². The molecule has 0 bridgehead atoms. The Hall–Kier alpha value is -1.91. The monoisotopic (exact) mass is 324 g/mol. The van der Waals surface area contributed by atoms with Crippen LogP contribution in [-0.2, 0) is 4.74 Å². The number of hydrogen-bond donors (Lipinski definition) is 2. The molecule has 0 unspecified atom stereocenters. The quantitative estimate of drug-likeness (QED) is 0.642. The number of nitrogen functional groups attached to an aromatic ring is 1. The minimum atomic E-state index is -0.462. The first-order valence-electron chi connectivity index (χ1n) is 6.30. The maximum atomic E-state index is 11.8. The van der Waals surface area contributed by atoms with Crippen molar-refractivity contribution in [1.29, 1.82) is 0 Å². The molecule has 3 N–H and O–H groups in total. The van der Waals surface area contributed by atoms with Gasteiger partial charge in [-0.1, -0.05) is 29.3 Å². The van der Waals surface area contributed by atoms with Crippen molar-refractivity contribution in [3.63, 3.8) is 0 Å². The van der Waals surface area contributed by atoms with Crippen LogP contribution in [0.15, 0.2) is 36.4 Å². The molecule has 0 atom stereocenters.